The van der Waals surface area contributed by atoms with Crippen LogP contribution >= 0.6 is 0 Å². The van der Waals surface area contributed by atoms with E-state index < -0.39 is 0 Å². The maximum atomic E-state index is 13.1. The van der Waals surface area contributed by atoms with Crippen LogP contribution in [0.2, 0.25) is 0 Å². The highest BCUT2D eigenvalue weighted by Crippen LogP contribution is 2.56. The van der Waals surface area contributed by atoms with Crippen molar-refractivity contribution in [2.75, 3.05) is 46.3 Å². The van der Waals surface area contributed by atoms with Crippen LogP contribution < -0.4 is 0 Å². The van der Waals surface area contributed by atoms with Gasteiger partial charge in [-0.3, -0.25) is 14.6 Å². The Labute approximate surface area is 128 Å². The van der Waals surface area contributed by atoms with Crippen molar-refractivity contribution in [3.63, 3.8) is 0 Å². The molecule has 1 spiro atoms. The Bertz CT molecular complexity index is 423. The number of Topliss-reactive ketones (excluding diaryl/α,β-unsaturated/α-hetero) is 1. The number of carbonyl (C=O) groups excluding carboxylic acids is 1. The number of piperidine rings is 3. The number of nitrogens with zero attached hydrogens (tertiary/aromatic N) is 3. The number of likely N-dealkylation sites (tertiary alicyclic amines) is 1. The Morgan fingerprint density at radius 3 is 1.71 bits per heavy atom. The Kier molecular flexibility index (Phi) is 2.90. The molecule has 5 aliphatic heterocycles. The largest absolute Gasteiger partial charge is 0.306 e. The first kappa shape index (κ1) is 14.2. The Hall–Kier alpha value is -0.450. The van der Waals surface area contributed by atoms with E-state index in [1.165, 1.54) is 25.9 Å². The zero-order valence-corrected chi connectivity index (χ0v) is 13.8. The van der Waals surface area contributed by atoms with Crippen LogP contribution in [0.3, 0.4) is 0 Å². The molecule has 5 rings (SSSR count). The predicted octanol–water partition coefficient (Wildman–Crippen LogP) is 1.42. The molecule has 5 saturated heterocycles. The minimum absolute atomic E-state index is 0.0683. The zero-order valence-electron chi connectivity index (χ0n) is 13.8. The van der Waals surface area contributed by atoms with E-state index in [0.29, 0.717) is 5.78 Å². The van der Waals surface area contributed by atoms with Gasteiger partial charge in [-0.25, -0.2) is 0 Å². The molecule has 0 N–H and O–H groups in total. The summed E-state index contributed by atoms with van der Waals surface area (Å²) in [6.07, 6.45) is 4.52. The molecule has 0 aromatic rings. The van der Waals surface area contributed by atoms with Gasteiger partial charge in [-0.2, -0.15) is 0 Å². The summed E-state index contributed by atoms with van der Waals surface area (Å²) < 4.78 is 0. The molecule has 4 nitrogen and oxygen atoms in total. The molecule has 5 fully saturated rings. The Balaban J connectivity index is 1.73. The van der Waals surface area contributed by atoms with Gasteiger partial charge in [0, 0.05) is 39.3 Å². The van der Waals surface area contributed by atoms with E-state index in [1.54, 1.807) is 0 Å². The molecule has 0 atom stereocenters. The van der Waals surface area contributed by atoms with E-state index >= 15 is 0 Å². The molecular weight excluding hydrogens is 262 g/mol. The van der Waals surface area contributed by atoms with Crippen molar-refractivity contribution in [1.82, 2.24) is 14.7 Å². The molecule has 0 aromatic heterocycles. The number of ketones is 1. The predicted molar refractivity (Wildman–Crippen MR) is 83.1 cm³/mol. The second-order valence-corrected chi connectivity index (χ2v) is 8.09. The van der Waals surface area contributed by atoms with E-state index in [2.05, 4.69) is 35.6 Å². The first-order valence-corrected chi connectivity index (χ1v) is 8.74. The van der Waals surface area contributed by atoms with Crippen LogP contribution in [0.1, 0.15) is 39.5 Å². The maximum Gasteiger partial charge on any atom is 0.150 e. The van der Waals surface area contributed by atoms with Gasteiger partial charge in [0.2, 0.25) is 0 Å². The van der Waals surface area contributed by atoms with Gasteiger partial charge < -0.3 is 4.90 Å². The lowest BCUT2D eigenvalue weighted by Crippen LogP contribution is -2.84. The van der Waals surface area contributed by atoms with Crippen LogP contribution in [-0.4, -0.2) is 72.5 Å². The van der Waals surface area contributed by atoms with E-state index in [0.717, 1.165) is 39.0 Å². The average molecular weight is 291 g/mol. The molecule has 0 saturated carbocycles. The van der Waals surface area contributed by atoms with Crippen LogP contribution in [0.4, 0.5) is 0 Å². The highest BCUT2D eigenvalue weighted by atomic mass is 16.1. The minimum atomic E-state index is -0.0683. The van der Waals surface area contributed by atoms with Crippen molar-refractivity contribution in [2.24, 2.45) is 10.8 Å². The summed E-state index contributed by atoms with van der Waals surface area (Å²) in [5, 5.41) is 0. The van der Waals surface area contributed by atoms with Crippen molar-refractivity contribution in [3.8, 4) is 0 Å². The van der Waals surface area contributed by atoms with Gasteiger partial charge in [0.05, 0.1) is 16.5 Å². The number of rotatable bonds is 2. The summed E-state index contributed by atoms with van der Waals surface area (Å²) in [5.74, 6) is 0.593. The van der Waals surface area contributed by atoms with E-state index in [4.69, 9.17) is 0 Å². The van der Waals surface area contributed by atoms with E-state index in [1.807, 2.05) is 0 Å². The zero-order chi connectivity index (χ0) is 14.9. The third-order valence-corrected chi connectivity index (χ3v) is 7.26. The summed E-state index contributed by atoms with van der Waals surface area (Å²) in [6, 6.07) is 0. The first-order valence-electron chi connectivity index (χ1n) is 8.74. The van der Waals surface area contributed by atoms with Gasteiger partial charge in [-0.05, 0) is 32.7 Å². The molecule has 4 bridgehead atoms. The van der Waals surface area contributed by atoms with Crippen LogP contribution in [-0.2, 0) is 4.79 Å². The van der Waals surface area contributed by atoms with Gasteiger partial charge >= 0.3 is 0 Å². The number of hydrogen-bond donors (Lipinski definition) is 0. The van der Waals surface area contributed by atoms with Crippen LogP contribution in [0.15, 0.2) is 0 Å². The van der Waals surface area contributed by atoms with Crippen molar-refractivity contribution < 1.29 is 4.79 Å². The van der Waals surface area contributed by atoms with Crippen molar-refractivity contribution in [1.29, 1.82) is 0 Å². The van der Waals surface area contributed by atoms with Crippen LogP contribution in [0, 0.1) is 10.8 Å². The second kappa shape index (κ2) is 4.30. The standard InChI is InChI=1S/C17H29N3O/c1-4-15-10-19-12-16(5-2,14(15)21)13-20(11-15)17(19)6-8-18(3)9-7-17/h4-13H2,1-3H3. The molecule has 5 heterocycles. The SMILES string of the molecule is CCC12CN3CC(CC)(CN(C1)C31CCN(C)CC1)C2=O. The summed E-state index contributed by atoms with van der Waals surface area (Å²) in [6.45, 7) is 10.9. The van der Waals surface area contributed by atoms with Gasteiger partial charge in [-0.15, -0.1) is 0 Å². The summed E-state index contributed by atoms with van der Waals surface area (Å²) in [7, 11) is 2.23. The quantitative estimate of drug-likeness (QED) is 0.769. The third-order valence-electron chi connectivity index (χ3n) is 7.26. The molecule has 5 aliphatic rings. The molecule has 0 aliphatic carbocycles. The summed E-state index contributed by atoms with van der Waals surface area (Å²) >= 11 is 0. The molecule has 118 valence electrons. The Morgan fingerprint density at radius 2 is 1.33 bits per heavy atom. The molecule has 0 radical (unpaired) electrons. The van der Waals surface area contributed by atoms with Crippen LogP contribution in [0.25, 0.3) is 0 Å². The summed E-state index contributed by atoms with van der Waals surface area (Å²) in [5.41, 5.74) is 0.132. The van der Waals surface area contributed by atoms with Crippen LogP contribution in [0.5, 0.6) is 0 Å². The molecule has 0 aromatic carbocycles. The van der Waals surface area contributed by atoms with E-state index in [-0.39, 0.29) is 16.5 Å². The van der Waals surface area contributed by atoms with Crippen molar-refractivity contribution in [3.05, 3.63) is 0 Å². The Morgan fingerprint density at radius 1 is 0.905 bits per heavy atom. The lowest BCUT2D eigenvalue weighted by atomic mass is 9.56. The summed E-state index contributed by atoms with van der Waals surface area (Å²) in [4.78, 5) is 21.0. The lowest BCUT2D eigenvalue weighted by molar-refractivity contribution is -0.246. The van der Waals surface area contributed by atoms with Crippen molar-refractivity contribution >= 4 is 5.78 Å². The first-order chi connectivity index (χ1) is 10.0. The third kappa shape index (κ3) is 1.59. The highest BCUT2D eigenvalue weighted by Gasteiger charge is 2.68. The molecule has 0 unspecified atom stereocenters. The molecule has 0 amide bonds. The van der Waals surface area contributed by atoms with Gasteiger partial charge in [0.15, 0.2) is 0 Å². The number of carbonyl (C=O) groups is 1. The maximum absolute atomic E-state index is 13.1. The van der Waals surface area contributed by atoms with Gasteiger partial charge in [0.25, 0.3) is 0 Å². The smallest absolute Gasteiger partial charge is 0.150 e. The molecule has 4 heteroatoms. The fourth-order valence-electron chi connectivity index (χ4n) is 5.69. The fourth-order valence-corrected chi connectivity index (χ4v) is 5.69. The molecular formula is C17H29N3O. The lowest BCUT2D eigenvalue weighted by Gasteiger charge is -2.72. The van der Waals surface area contributed by atoms with Gasteiger partial charge in [0.1, 0.15) is 5.78 Å². The topological polar surface area (TPSA) is 26.8 Å². The normalized spacial score (nSPS) is 48.2. The highest BCUT2D eigenvalue weighted by molar-refractivity contribution is 5.93. The van der Waals surface area contributed by atoms with E-state index in [9.17, 15) is 4.79 Å². The minimum Gasteiger partial charge on any atom is -0.306 e. The fraction of sp³-hybridized carbons (Fsp3) is 0.941. The molecule has 21 heavy (non-hydrogen) atoms. The van der Waals surface area contributed by atoms with Gasteiger partial charge in [-0.1, -0.05) is 13.8 Å². The monoisotopic (exact) mass is 291 g/mol. The average Bonchev–Trinajstić information content (AvgIpc) is 2.49. The van der Waals surface area contributed by atoms with Crippen molar-refractivity contribution in [2.45, 2.75) is 45.2 Å². The number of hydrogen-bond acceptors (Lipinski definition) is 4. The second-order valence-electron chi connectivity index (χ2n) is 8.09.